The van der Waals surface area contributed by atoms with Crippen LogP contribution in [0.2, 0.25) is 0 Å². The maximum atomic E-state index is 13.7. The number of benzene rings is 2. The van der Waals surface area contributed by atoms with Gasteiger partial charge in [0.05, 0.1) is 17.2 Å². The summed E-state index contributed by atoms with van der Waals surface area (Å²) < 4.78 is 80.0. The number of likely N-dealkylation sites (N-methyl/N-ethyl adjacent to an activating group) is 1. The summed E-state index contributed by atoms with van der Waals surface area (Å²) in [6.45, 7) is 0.560. The first-order valence-electron chi connectivity index (χ1n) is 14.3. The Bertz CT molecular complexity index is 1350. The Morgan fingerprint density at radius 3 is 2.11 bits per heavy atom. The van der Waals surface area contributed by atoms with Gasteiger partial charge in [-0.25, -0.2) is 4.99 Å². The second-order valence-corrected chi connectivity index (χ2v) is 12.1. The Balaban J connectivity index is 1.99. The Morgan fingerprint density at radius 2 is 1.51 bits per heavy atom. The second kappa shape index (κ2) is 15.7. The molecular weight excluding hydrogens is 622 g/mol. The van der Waals surface area contributed by atoms with E-state index in [0.717, 1.165) is 11.8 Å². The van der Waals surface area contributed by atoms with Crippen molar-refractivity contribution < 1.29 is 40.7 Å². The molecule has 0 aliphatic carbocycles. The first kappa shape index (κ1) is 36.1. The summed E-state index contributed by atoms with van der Waals surface area (Å²) in [5.41, 5.74) is 1.93. The van der Waals surface area contributed by atoms with Gasteiger partial charge in [-0.15, -0.1) is 0 Å². The fourth-order valence-corrected chi connectivity index (χ4v) is 6.00. The summed E-state index contributed by atoms with van der Waals surface area (Å²) in [4.78, 5) is 48.1. The molecule has 2 aromatic carbocycles. The van der Waals surface area contributed by atoms with Crippen molar-refractivity contribution in [3.8, 4) is 0 Å². The number of halogens is 6. The van der Waals surface area contributed by atoms with Gasteiger partial charge >= 0.3 is 12.4 Å². The van der Waals surface area contributed by atoms with Gasteiger partial charge in [-0.3, -0.25) is 14.4 Å². The summed E-state index contributed by atoms with van der Waals surface area (Å²) in [6, 6.07) is 15.5. The predicted octanol–water partition coefficient (Wildman–Crippen LogP) is 5.72. The number of rotatable bonds is 14. The number of anilines is 1. The number of aliphatic imine (C=N–C) groups is 1. The molecule has 1 heterocycles. The predicted molar refractivity (Wildman–Crippen MR) is 162 cm³/mol. The molecule has 0 unspecified atom stereocenters. The zero-order valence-corrected chi connectivity index (χ0v) is 25.9. The average molecular weight is 659 g/mol. The van der Waals surface area contributed by atoms with Gasteiger partial charge in [0.25, 0.3) is 5.91 Å². The van der Waals surface area contributed by atoms with Gasteiger partial charge in [0.15, 0.2) is 0 Å². The summed E-state index contributed by atoms with van der Waals surface area (Å²) in [6.07, 6.45) is -15.8. The maximum Gasteiger partial charge on any atom is 0.389 e. The molecule has 0 aromatic heterocycles. The summed E-state index contributed by atoms with van der Waals surface area (Å²) >= 11 is 1.13. The summed E-state index contributed by atoms with van der Waals surface area (Å²) in [5, 5.41) is 2.39. The van der Waals surface area contributed by atoms with Crippen molar-refractivity contribution in [2.24, 2.45) is 16.8 Å². The van der Waals surface area contributed by atoms with Crippen molar-refractivity contribution in [1.29, 1.82) is 0 Å². The third-order valence-corrected chi connectivity index (χ3v) is 8.27. The quantitative estimate of drug-likeness (QED) is 0.207. The number of para-hydroxylation sites is 1. The molecule has 7 nitrogen and oxygen atoms in total. The van der Waals surface area contributed by atoms with Gasteiger partial charge in [0.2, 0.25) is 12.1 Å². The number of carbonyl (C=O) groups is 3. The number of benzodiazepines with no additional fused rings is 1. The van der Waals surface area contributed by atoms with E-state index in [4.69, 9.17) is 0 Å². The molecule has 2 aromatic rings. The number of carbonyl (C=O) groups excluding carboxylic acids is 3. The molecule has 1 N–H and O–H groups in total. The number of thioether (sulfide) groups is 1. The lowest BCUT2D eigenvalue weighted by atomic mass is 9.81. The van der Waals surface area contributed by atoms with Gasteiger partial charge in [0.1, 0.15) is 5.78 Å². The molecule has 1 aliphatic rings. The Labute approximate surface area is 262 Å². The normalized spacial score (nSPS) is 16.9. The molecule has 0 fully saturated rings. The fraction of sp³-hybridized carbons (Fsp3) is 0.484. The highest BCUT2D eigenvalue weighted by molar-refractivity contribution is 7.99. The number of nitrogens with zero attached hydrogens (tertiary/aromatic N) is 3. The molecule has 0 saturated heterocycles. The van der Waals surface area contributed by atoms with Crippen LogP contribution < -0.4 is 10.2 Å². The molecule has 45 heavy (non-hydrogen) atoms. The molecule has 3 rings (SSSR count). The lowest BCUT2D eigenvalue weighted by Crippen LogP contribution is -2.49. The Hall–Kier alpha value is -3.39. The molecule has 246 valence electrons. The second-order valence-electron chi connectivity index (χ2n) is 11.0. The number of alkyl halides is 6. The molecule has 0 saturated carbocycles. The van der Waals surface area contributed by atoms with Crippen LogP contribution in [0.3, 0.4) is 0 Å². The van der Waals surface area contributed by atoms with Crippen LogP contribution in [0.5, 0.6) is 0 Å². The fourth-order valence-electron chi connectivity index (χ4n) is 4.95. The van der Waals surface area contributed by atoms with Crippen LogP contribution in [-0.4, -0.2) is 85.9 Å². The topological polar surface area (TPSA) is 82.1 Å². The highest BCUT2D eigenvalue weighted by atomic mass is 32.2. The minimum atomic E-state index is -4.74. The van der Waals surface area contributed by atoms with E-state index in [1.54, 1.807) is 68.7 Å². The average Bonchev–Trinajstić information content (AvgIpc) is 3.06. The first-order valence-corrected chi connectivity index (χ1v) is 15.4. The number of ketones is 1. The molecule has 14 heteroatoms. The Kier molecular flexibility index (Phi) is 12.6. The van der Waals surface area contributed by atoms with Gasteiger partial charge < -0.3 is 15.1 Å². The number of hydrogen-bond donors (Lipinski definition) is 1. The molecule has 0 radical (unpaired) electrons. The zero-order valence-electron chi connectivity index (χ0n) is 25.1. The first-order chi connectivity index (χ1) is 21.1. The van der Waals surface area contributed by atoms with E-state index in [0.29, 0.717) is 34.8 Å². The van der Waals surface area contributed by atoms with E-state index >= 15 is 0 Å². The molecule has 2 amide bonds. The van der Waals surface area contributed by atoms with Gasteiger partial charge in [-0.1, -0.05) is 48.5 Å². The van der Waals surface area contributed by atoms with Crippen LogP contribution in [0.1, 0.15) is 36.8 Å². The summed E-state index contributed by atoms with van der Waals surface area (Å²) in [7, 11) is 5.04. The van der Waals surface area contributed by atoms with E-state index in [2.05, 4.69) is 10.3 Å². The molecule has 1 aliphatic heterocycles. The SMILES string of the molecule is CN(C)CCSCC(=O)[C@@H](CCC(F)(F)F)[C@@H](CCC(F)(F)F)C(=O)N[C@H]1N=C(c2ccccc2)c2ccccc2N(C)C1=O. The van der Waals surface area contributed by atoms with Gasteiger partial charge in [-0.2, -0.15) is 38.1 Å². The molecule has 0 spiro atoms. The monoisotopic (exact) mass is 658 g/mol. The molecule has 0 bridgehead atoms. The van der Waals surface area contributed by atoms with Crippen molar-refractivity contribution in [1.82, 2.24) is 10.2 Å². The highest BCUT2D eigenvalue weighted by Gasteiger charge is 2.41. The van der Waals surface area contributed by atoms with E-state index in [1.807, 2.05) is 4.90 Å². The van der Waals surface area contributed by atoms with Crippen molar-refractivity contribution in [2.45, 2.75) is 44.2 Å². The van der Waals surface area contributed by atoms with Gasteiger partial charge in [-0.05, 0) is 33.0 Å². The van der Waals surface area contributed by atoms with Gasteiger partial charge in [0, 0.05) is 55.1 Å². The third kappa shape index (κ3) is 10.9. The van der Waals surface area contributed by atoms with Crippen LogP contribution in [0.4, 0.5) is 32.0 Å². The number of hydrogen-bond acceptors (Lipinski definition) is 6. The van der Waals surface area contributed by atoms with Crippen molar-refractivity contribution in [3.63, 3.8) is 0 Å². The largest absolute Gasteiger partial charge is 0.389 e. The van der Waals surface area contributed by atoms with Crippen molar-refractivity contribution >= 4 is 40.8 Å². The van der Waals surface area contributed by atoms with Crippen LogP contribution >= 0.6 is 11.8 Å². The van der Waals surface area contributed by atoms with Crippen LogP contribution in [0.25, 0.3) is 0 Å². The van der Waals surface area contributed by atoms with E-state index in [-0.39, 0.29) is 5.75 Å². The number of amides is 2. The highest BCUT2D eigenvalue weighted by Crippen LogP contribution is 2.34. The maximum absolute atomic E-state index is 13.7. The third-order valence-electron chi connectivity index (χ3n) is 7.31. The minimum Gasteiger partial charge on any atom is -0.326 e. The Morgan fingerprint density at radius 1 is 0.933 bits per heavy atom. The molecule has 3 atom stereocenters. The number of nitrogens with one attached hydrogen (secondary N) is 1. The minimum absolute atomic E-state index is 0.275. The zero-order chi connectivity index (χ0) is 33.4. The number of fused-ring (bicyclic) bond motifs is 1. The van der Waals surface area contributed by atoms with Crippen LogP contribution in [0.15, 0.2) is 59.6 Å². The smallest absolute Gasteiger partial charge is 0.326 e. The number of Topliss-reactive ketones (excluding diaryl/α,β-unsaturated/α-hetero) is 1. The van der Waals surface area contributed by atoms with Crippen molar-refractivity contribution in [2.75, 3.05) is 44.1 Å². The van der Waals surface area contributed by atoms with Crippen LogP contribution in [0, 0.1) is 11.8 Å². The summed E-state index contributed by atoms with van der Waals surface area (Å²) in [5.74, 6) is -5.88. The standard InChI is InChI=1S/C31H36F6N4O3S/c1-40(2)17-18-45-19-25(42)21(13-15-30(32,33)34)22(14-16-31(35,36)37)28(43)39-27-29(44)41(3)24-12-8-7-11-23(24)26(38-27)20-9-5-4-6-10-20/h4-12,21-22,27H,13-19H2,1-3H3,(H,39,43)/t21-,22+,27+/m0/s1. The molecular formula is C31H36F6N4O3S. The van der Waals surface area contributed by atoms with E-state index < -0.39 is 73.6 Å². The van der Waals surface area contributed by atoms with E-state index in [1.165, 1.54) is 11.9 Å². The lowest BCUT2D eigenvalue weighted by molar-refractivity contribution is -0.152. The van der Waals surface area contributed by atoms with Crippen molar-refractivity contribution in [3.05, 3.63) is 65.7 Å². The van der Waals surface area contributed by atoms with E-state index in [9.17, 15) is 40.7 Å². The van der Waals surface area contributed by atoms with Crippen LogP contribution in [-0.2, 0) is 14.4 Å². The lowest BCUT2D eigenvalue weighted by Gasteiger charge is -2.28.